The van der Waals surface area contributed by atoms with Crippen molar-refractivity contribution in [2.75, 3.05) is 39.3 Å². The predicted molar refractivity (Wildman–Crippen MR) is 136 cm³/mol. The molecule has 4 rings (SSSR count). The van der Waals surface area contributed by atoms with Crippen molar-refractivity contribution in [2.24, 2.45) is 0 Å². The third-order valence-electron chi connectivity index (χ3n) is 5.89. The average Bonchev–Trinajstić information content (AvgIpc) is 3.38. The standard InChI is InChI=1S/C28H30N2O6/c1-33-24-9-4-3-8-23(24)30-27(31)18-36-25-13-11-21(17-26(25)34-2)28(32)29-14-15-35-22-12-10-19-6-5-7-20(19)16-22/h3-4,8-13,16-17H,5-7,14-15,18H2,1-2H3,(H,29,32)(H,30,31). The summed E-state index contributed by atoms with van der Waals surface area (Å²) in [5.41, 5.74) is 3.71. The van der Waals surface area contributed by atoms with Crippen LogP contribution in [0.5, 0.6) is 23.0 Å². The second-order valence-corrected chi connectivity index (χ2v) is 8.29. The Balaban J connectivity index is 1.26. The van der Waals surface area contributed by atoms with Crippen molar-refractivity contribution in [1.82, 2.24) is 5.32 Å². The molecule has 0 atom stereocenters. The maximum atomic E-state index is 12.6. The lowest BCUT2D eigenvalue weighted by molar-refractivity contribution is -0.118. The first-order chi connectivity index (χ1) is 17.6. The molecule has 2 N–H and O–H groups in total. The van der Waals surface area contributed by atoms with Crippen LogP contribution in [0.15, 0.2) is 60.7 Å². The van der Waals surface area contributed by atoms with Crippen LogP contribution in [0.4, 0.5) is 5.69 Å². The van der Waals surface area contributed by atoms with Gasteiger partial charge in [0.2, 0.25) is 0 Å². The van der Waals surface area contributed by atoms with Gasteiger partial charge in [-0.3, -0.25) is 9.59 Å². The van der Waals surface area contributed by atoms with Crippen molar-refractivity contribution in [3.63, 3.8) is 0 Å². The summed E-state index contributed by atoms with van der Waals surface area (Å²) >= 11 is 0. The molecule has 0 fully saturated rings. The lowest BCUT2D eigenvalue weighted by Crippen LogP contribution is -2.28. The van der Waals surface area contributed by atoms with Gasteiger partial charge in [-0.25, -0.2) is 0 Å². The highest BCUT2D eigenvalue weighted by molar-refractivity contribution is 5.95. The van der Waals surface area contributed by atoms with Crippen LogP contribution in [0.2, 0.25) is 0 Å². The maximum Gasteiger partial charge on any atom is 0.262 e. The number of hydrogen-bond donors (Lipinski definition) is 2. The van der Waals surface area contributed by atoms with Crippen molar-refractivity contribution in [3.8, 4) is 23.0 Å². The maximum absolute atomic E-state index is 12.6. The van der Waals surface area contributed by atoms with Gasteiger partial charge in [0.1, 0.15) is 18.1 Å². The highest BCUT2D eigenvalue weighted by atomic mass is 16.5. The summed E-state index contributed by atoms with van der Waals surface area (Å²) in [5.74, 6) is 1.46. The van der Waals surface area contributed by atoms with Crippen molar-refractivity contribution in [3.05, 3.63) is 77.4 Å². The summed E-state index contributed by atoms with van der Waals surface area (Å²) in [6.45, 7) is 0.490. The van der Waals surface area contributed by atoms with E-state index < -0.39 is 0 Å². The molecule has 0 aromatic heterocycles. The molecule has 0 aliphatic heterocycles. The second-order valence-electron chi connectivity index (χ2n) is 8.29. The second kappa shape index (κ2) is 12.0. The van der Waals surface area contributed by atoms with Crippen molar-refractivity contribution in [1.29, 1.82) is 0 Å². The Kier molecular flexibility index (Phi) is 8.28. The van der Waals surface area contributed by atoms with Crippen LogP contribution in [0.25, 0.3) is 0 Å². The van der Waals surface area contributed by atoms with E-state index in [2.05, 4.69) is 22.8 Å². The van der Waals surface area contributed by atoms with Crippen LogP contribution in [-0.2, 0) is 17.6 Å². The van der Waals surface area contributed by atoms with E-state index in [9.17, 15) is 9.59 Å². The first-order valence-electron chi connectivity index (χ1n) is 11.8. The summed E-state index contributed by atoms with van der Waals surface area (Å²) in [5, 5.41) is 5.59. The smallest absolute Gasteiger partial charge is 0.262 e. The van der Waals surface area contributed by atoms with Gasteiger partial charge in [-0.15, -0.1) is 0 Å². The third kappa shape index (κ3) is 6.27. The molecule has 36 heavy (non-hydrogen) atoms. The fourth-order valence-corrected chi connectivity index (χ4v) is 4.08. The van der Waals surface area contributed by atoms with Crippen LogP contribution in [0, 0.1) is 0 Å². The number of nitrogens with one attached hydrogen (secondary N) is 2. The van der Waals surface area contributed by atoms with Gasteiger partial charge >= 0.3 is 0 Å². The van der Waals surface area contributed by atoms with Gasteiger partial charge in [0.25, 0.3) is 11.8 Å². The number of carbonyl (C=O) groups is 2. The Morgan fingerprint density at radius 3 is 2.47 bits per heavy atom. The molecular formula is C28H30N2O6. The van der Waals surface area contributed by atoms with E-state index >= 15 is 0 Å². The molecule has 3 aromatic carbocycles. The van der Waals surface area contributed by atoms with Crippen molar-refractivity contribution in [2.45, 2.75) is 19.3 Å². The molecule has 0 heterocycles. The number of methoxy groups -OCH3 is 2. The van der Waals surface area contributed by atoms with Gasteiger partial charge < -0.3 is 29.6 Å². The Labute approximate surface area is 210 Å². The Morgan fingerprint density at radius 1 is 0.833 bits per heavy atom. The molecule has 0 radical (unpaired) electrons. The predicted octanol–water partition coefficient (Wildman–Crippen LogP) is 4.02. The summed E-state index contributed by atoms with van der Waals surface area (Å²) < 4.78 is 22.0. The number of aryl methyl sites for hydroxylation is 2. The zero-order chi connectivity index (χ0) is 25.3. The zero-order valence-electron chi connectivity index (χ0n) is 20.5. The minimum atomic E-state index is -0.355. The molecule has 0 unspecified atom stereocenters. The molecule has 0 bridgehead atoms. The molecular weight excluding hydrogens is 460 g/mol. The molecule has 0 spiro atoms. The lowest BCUT2D eigenvalue weighted by Gasteiger charge is -2.13. The highest BCUT2D eigenvalue weighted by Crippen LogP contribution is 2.29. The molecule has 8 heteroatoms. The van der Waals surface area contributed by atoms with E-state index in [4.69, 9.17) is 18.9 Å². The lowest BCUT2D eigenvalue weighted by atomic mass is 10.1. The molecule has 1 aliphatic carbocycles. The van der Waals surface area contributed by atoms with Crippen LogP contribution < -0.4 is 29.6 Å². The van der Waals surface area contributed by atoms with Gasteiger partial charge in [-0.2, -0.15) is 0 Å². The fraction of sp³-hybridized carbons (Fsp3) is 0.286. The minimum absolute atomic E-state index is 0.236. The third-order valence-corrected chi connectivity index (χ3v) is 5.89. The Hall–Kier alpha value is -4.20. The summed E-state index contributed by atoms with van der Waals surface area (Å²) in [6, 6.07) is 18.1. The van der Waals surface area contributed by atoms with Gasteiger partial charge in [0.15, 0.2) is 18.1 Å². The van der Waals surface area contributed by atoms with Gasteiger partial charge in [0, 0.05) is 5.56 Å². The summed E-state index contributed by atoms with van der Waals surface area (Å²) in [4.78, 5) is 24.9. The van der Waals surface area contributed by atoms with E-state index in [-0.39, 0.29) is 18.4 Å². The molecule has 8 nitrogen and oxygen atoms in total. The minimum Gasteiger partial charge on any atom is -0.495 e. The van der Waals surface area contributed by atoms with E-state index in [1.54, 1.807) is 36.4 Å². The topological polar surface area (TPSA) is 95.1 Å². The van der Waals surface area contributed by atoms with Crippen LogP contribution in [0.1, 0.15) is 27.9 Å². The summed E-state index contributed by atoms with van der Waals surface area (Å²) in [7, 11) is 3.01. The van der Waals surface area contributed by atoms with Crippen LogP contribution in [-0.4, -0.2) is 45.8 Å². The number of rotatable bonds is 11. The quantitative estimate of drug-likeness (QED) is 0.394. The van der Waals surface area contributed by atoms with Gasteiger partial charge in [-0.1, -0.05) is 18.2 Å². The number of ether oxygens (including phenoxy) is 4. The molecule has 2 amide bonds. The fourth-order valence-electron chi connectivity index (χ4n) is 4.08. The highest BCUT2D eigenvalue weighted by Gasteiger charge is 2.14. The number of para-hydroxylation sites is 2. The molecule has 0 saturated heterocycles. The number of anilines is 1. The monoisotopic (exact) mass is 490 g/mol. The molecule has 3 aromatic rings. The Morgan fingerprint density at radius 2 is 1.64 bits per heavy atom. The zero-order valence-corrected chi connectivity index (χ0v) is 20.5. The van der Waals surface area contributed by atoms with E-state index in [1.807, 2.05) is 12.1 Å². The van der Waals surface area contributed by atoms with E-state index in [0.717, 1.165) is 18.6 Å². The number of fused-ring (bicyclic) bond motifs is 1. The van der Waals surface area contributed by atoms with Crippen molar-refractivity contribution < 1.29 is 28.5 Å². The van der Waals surface area contributed by atoms with E-state index in [0.29, 0.717) is 41.7 Å². The number of carbonyl (C=O) groups excluding carboxylic acids is 2. The van der Waals surface area contributed by atoms with Crippen LogP contribution >= 0.6 is 0 Å². The normalized spacial score (nSPS) is 11.8. The molecule has 0 saturated carbocycles. The van der Waals surface area contributed by atoms with Crippen molar-refractivity contribution >= 4 is 17.5 Å². The number of benzene rings is 3. The molecule has 188 valence electrons. The number of amides is 2. The van der Waals surface area contributed by atoms with E-state index in [1.165, 1.54) is 31.8 Å². The average molecular weight is 491 g/mol. The first-order valence-corrected chi connectivity index (χ1v) is 11.8. The largest absolute Gasteiger partial charge is 0.495 e. The Bertz CT molecular complexity index is 1230. The van der Waals surface area contributed by atoms with Crippen LogP contribution in [0.3, 0.4) is 0 Å². The first kappa shape index (κ1) is 24.9. The van der Waals surface area contributed by atoms with Gasteiger partial charge in [-0.05, 0) is 72.9 Å². The SMILES string of the molecule is COc1ccccc1NC(=O)COc1ccc(C(=O)NCCOc2ccc3c(c2)CCC3)cc1OC. The number of hydrogen-bond acceptors (Lipinski definition) is 6. The summed E-state index contributed by atoms with van der Waals surface area (Å²) in [6.07, 6.45) is 3.42. The van der Waals surface area contributed by atoms with Gasteiger partial charge in [0.05, 0.1) is 26.5 Å². The molecule has 1 aliphatic rings.